The number of ether oxygens (including phenoxy) is 1. The Bertz CT molecular complexity index is 916. The molecule has 3 fully saturated rings. The monoisotopic (exact) mass is 465 g/mol. The molecule has 4 aliphatic rings. The summed E-state index contributed by atoms with van der Waals surface area (Å²) >= 11 is 0. The van der Waals surface area contributed by atoms with E-state index in [2.05, 4.69) is 54.0 Å². The highest BCUT2D eigenvalue weighted by atomic mass is 16.5. The molecule has 0 N–H and O–H groups in total. The Morgan fingerprint density at radius 2 is 1.50 bits per heavy atom. The Labute approximate surface area is 203 Å². The molecule has 0 spiro atoms. The highest BCUT2D eigenvalue weighted by Gasteiger charge is 2.68. The van der Waals surface area contributed by atoms with Crippen LogP contribution in [0, 0.1) is 10.8 Å². The van der Waals surface area contributed by atoms with Crippen molar-refractivity contribution >= 4 is 17.5 Å². The maximum atomic E-state index is 13.5. The topological polar surface area (TPSA) is 53.1 Å². The summed E-state index contributed by atoms with van der Waals surface area (Å²) in [5, 5.41) is 0. The Morgan fingerprint density at radius 1 is 0.882 bits per heavy atom. The van der Waals surface area contributed by atoms with Gasteiger partial charge in [0.1, 0.15) is 5.75 Å². The Kier molecular flexibility index (Phi) is 6.45. The Balaban J connectivity index is 1.15. The third-order valence-electron chi connectivity index (χ3n) is 8.58. The third-order valence-corrected chi connectivity index (χ3v) is 8.58. The number of piperazine rings is 1. The van der Waals surface area contributed by atoms with Gasteiger partial charge in [-0.1, -0.05) is 37.1 Å². The number of carbonyl (C=O) groups excluding carboxylic acids is 2. The molecule has 6 heteroatoms. The summed E-state index contributed by atoms with van der Waals surface area (Å²) in [5.41, 5.74) is 0.268. The minimum Gasteiger partial charge on any atom is -0.489 e. The van der Waals surface area contributed by atoms with Crippen molar-refractivity contribution < 1.29 is 14.3 Å². The number of imide groups is 1. The number of allylic oxidation sites excluding steroid dienone is 2. The second-order valence-electron chi connectivity index (χ2n) is 10.8. The van der Waals surface area contributed by atoms with Crippen LogP contribution in [0.1, 0.15) is 58.8 Å². The summed E-state index contributed by atoms with van der Waals surface area (Å²) in [6, 6.07) is 8.29. The van der Waals surface area contributed by atoms with Gasteiger partial charge in [-0.25, -0.2) is 0 Å². The molecule has 2 aliphatic carbocycles. The van der Waals surface area contributed by atoms with Gasteiger partial charge >= 0.3 is 0 Å². The molecular weight excluding hydrogens is 426 g/mol. The van der Waals surface area contributed by atoms with Crippen LogP contribution in [0.4, 0.5) is 5.69 Å². The minimum atomic E-state index is -0.450. The zero-order chi connectivity index (χ0) is 23.8. The van der Waals surface area contributed by atoms with E-state index in [1.54, 1.807) is 4.90 Å². The molecular formula is C28H39N3O3. The van der Waals surface area contributed by atoms with E-state index in [9.17, 15) is 9.59 Å². The number of para-hydroxylation sites is 2. The number of carbonyl (C=O) groups is 2. The Morgan fingerprint density at radius 3 is 2.12 bits per heavy atom. The van der Waals surface area contributed by atoms with Crippen LogP contribution in [0.3, 0.4) is 0 Å². The zero-order valence-electron chi connectivity index (χ0n) is 20.8. The summed E-state index contributed by atoms with van der Waals surface area (Å²) in [6.07, 6.45) is 10.7. The molecule has 34 heavy (non-hydrogen) atoms. The van der Waals surface area contributed by atoms with Crippen molar-refractivity contribution in [1.29, 1.82) is 0 Å². The number of hydrogen-bond donors (Lipinski definition) is 0. The predicted molar refractivity (Wildman–Crippen MR) is 134 cm³/mol. The quantitative estimate of drug-likeness (QED) is 0.445. The fourth-order valence-corrected chi connectivity index (χ4v) is 6.84. The predicted octanol–water partition coefficient (Wildman–Crippen LogP) is 4.25. The number of amides is 2. The molecule has 2 aliphatic heterocycles. The lowest BCUT2D eigenvalue weighted by Gasteiger charge is -2.46. The largest absolute Gasteiger partial charge is 0.489 e. The molecule has 6 nitrogen and oxygen atoms in total. The maximum absolute atomic E-state index is 13.5. The van der Waals surface area contributed by atoms with Gasteiger partial charge in [0.2, 0.25) is 11.8 Å². The first-order chi connectivity index (χ1) is 16.5. The van der Waals surface area contributed by atoms with Crippen molar-refractivity contribution in [1.82, 2.24) is 9.80 Å². The number of hydrogen-bond acceptors (Lipinski definition) is 5. The van der Waals surface area contributed by atoms with Crippen LogP contribution >= 0.6 is 0 Å². The van der Waals surface area contributed by atoms with Crippen LogP contribution in [0.2, 0.25) is 0 Å². The van der Waals surface area contributed by atoms with Crippen molar-refractivity contribution in [3.05, 3.63) is 36.4 Å². The molecule has 2 saturated heterocycles. The molecule has 1 saturated carbocycles. The van der Waals surface area contributed by atoms with Gasteiger partial charge in [-0.15, -0.1) is 0 Å². The summed E-state index contributed by atoms with van der Waals surface area (Å²) in [5.74, 6) is 1.19. The van der Waals surface area contributed by atoms with Crippen LogP contribution in [-0.2, 0) is 9.59 Å². The molecule has 0 aromatic heterocycles. The standard InChI is InChI=1S/C28H39N3O3/c1-22(2)34-24-11-4-3-10-23(24)30-20-18-29(19-21-30)16-9-17-31-25(32)27-12-5-6-13-28(27,26(31)33)15-8-7-14-27/h3-6,10-11,22H,7-9,12-21H2,1-2H3. The van der Waals surface area contributed by atoms with Crippen molar-refractivity contribution in [3.8, 4) is 5.75 Å². The zero-order valence-corrected chi connectivity index (χ0v) is 20.8. The van der Waals surface area contributed by atoms with Crippen LogP contribution in [0.25, 0.3) is 0 Å². The van der Waals surface area contributed by atoms with E-state index in [1.807, 2.05) is 6.07 Å². The average molecular weight is 466 g/mol. The smallest absolute Gasteiger partial charge is 0.236 e. The normalized spacial score (nSPS) is 29.5. The van der Waals surface area contributed by atoms with Gasteiger partial charge in [-0.2, -0.15) is 0 Å². The van der Waals surface area contributed by atoms with E-state index in [1.165, 1.54) is 5.69 Å². The van der Waals surface area contributed by atoms with E-state index in [0.717, 1.165) is 83.4 Å². The number of nitrogens with zero attached hydrogens (tertiary/aromatic N) is 3. The van der Waals surface area contributed by atoms with Gasteiger partial charge < -0.3 is 9.64 Å². The van der Waals surface area contributed by atoms with Crippen LogP contribution in [-0.4, -0.2) is 67.0 Å². The number of anilines is 1. The summed E-state index contributed by atoms with van der Waals surface area (Å²) < 4.78 is 6.02. The van der Waals surface area contributed by atoms with E-state index in [4.69, 9.17) is 4.74 Å². The minimum absolute atomic E-state index is 0.119. The first-order valence-electron chi connectivity index (χ1n) is 13.2. The van der Waals surface area contributed by atoms with Crippen LogP contribution in [0.15, 0.2) is 36.4 Å². The van der Waals surface area contributed by atoms with Crippen molar-refractivity contribution in [2.24, 2.45) is 10.8 Å². The molecule has 2 amide bonds. The second-order valence-corrected chi connectivity index (χ2v) is 10.8. The van der Waals surface area contributed by atoms with E-state index >= 15 is 0 Å². The summed E-state index contributed by atoms with van der Waals surface area (Å²) in [7, 11) is 0. The molecule has 2 heterocycles. The fraction of sp³-hybridized carbons (Fsp3) is 0.643. The molecule has 1 aromatic carbocycles. The fourth-order valence-electron chi connectivity index (χ4n) is 6.84. The summed E-state index contributed by atoms with van der Waals surface area (Å²) in [6.45, 7) is 9.48. The molecule has 184 valence electrons. The lowest BCUT2D eigenvalue weighted by Crippen LogP contribution is -2.48. The lowest BCUT2D eigenvalue weighted by atomic mass is 9.53. The van der Waals surface area contributed by atoms with Gasteiger partial charge in [0.15, 0.2) is 0 Å². The highest BCUT2D eigenvalue weighted by molar-refractivity contribution is 6.10. The molecule has 5 rings (SSSR count). The van der Waals surface area contributed by atoms with Crippen molar-refractivity contribution in [2.75, 3.05) is 44.2 Å². The number of benzene rings is 1. The van der Waals surface area contributed by atoms with Gasteiger partial charge in [-0.05, 0) is 64.6 Å². The van der Waals surface area contributed by atoms with E-state index < -0.39 is 10.8 Å². The first-order valence-corrected chi connectivity index (χ1v) is 13.2. The van der Waals surface area contributed by atoms with Crippen molar-refractivity contribution in [3.63, 3.8) is 0 Å². The van der Waals surface area contributed by atoms with Gasteiger partial charge in [0.25, 0.3) is 0 Å². The first kappa shape index (κ1) is 23.4. The van der Waals surface area contributed by atoms with Gasteiger partial charge in [-0.3, -0.25) is 19.4 Å². The molecule has 0 bridgehead atoms. The molecule has 2 unspecified atom stereocenters. The van der Waals surface area contributed by atoms with E-state index in [0.29, 0.717) is 6.54 Å². The number of likely N-dealkylation sites (tertiary alicyclic amines) is 1. The van der Waals surface area contributed by atoms with Crippen LogP contribution in [0.5, 0.6) is 5.75 Å². The third kappa shape index (κ3) is 3.84. The lowest BCUT2D eigenvalue weighted by molar-refractivity contribution is -0.141. The Hall–Kier alpha value is -2.34. The SMILES string of the molecule is CC(C)Oc1ccccc1N1CCN(CCCN2C(=O)C34CC=CCC3(CCCC4)C2=O)CC1. The second kappa shape index (κ2) is 9.37. The van der Waals surface area contributed by atoms with Crippen molar-refractivity contribution in [2.45, 2.75) is 64.9 Å². The highest BCUT2D eigenvalue weighted by Crippen LogP contribution is 2.62. The molecule has 2 atom stereocenters. The average Bonchev–Trinajstić information content (AvgIpc) is 3.04. The van der Waals surface area contributed by atoms with E-state index in [-0.39, 0.29) is 17.9 Å². The molecule has 0 radical (unpaired) electrons. The van der Waals surface area contributed by atoms with Gasteiger partial charge in [0.05, 0.1) is 22.6 Å². The number of rotatable bonds is 7. The van der Waals surface area contributed by atoms with Crippen LogP contribution < -0.4 is 9.64 Å². The maximum Gasteiger partial charge on any atom is 0.236 e. The summed E-state index contributed by atoms with van der Waals surface area (Å²) in [4.78, 5) is 33.6. The van der Waals surface area contributed by atoms with Gasteiger partial charge in [0, 0.05) is 32.7 Å². The molecule has 1 aromatic rings.